The van der Waals surface area contributed by atoms with Crippen LogP contribution in [0.4, 0.5) is 0 Å². The Morgan fingerprint density at radius 3 is 1.66 bits per heavy atom. The van der Waals surface area contributed by atoms with E-state index in [0.29, 0.717) is 12.8 Å². The maximum Gasteiger partial charge on any atom is 0.472 e. The maximum atomic E-state index is 12.9. The zero-order valence-electron chi connectivity index (χ0n) is 32.4. The van der Waals surface area contributed by atoms with Crippen LogP contribution in [0.2, 0.25) is 0 Å². The summed E-state index contributed by atoms with van der Waals surface area (Å²) in [6.45, 7) is 3.66. The third-order valence-corrected chi connectivity index (χ3v) is 10.8. The highest BCUT2D eigenvalue weighted by molar-refractivity contribution is 7.47. The van der Waals surface area contributed by atoms with Gasteiger partial charge in [-0.3, -0.25) is 13.8 Å². The Kier molecular flexibility index (Phi) is 28.2. The zero-order chi connectivity index (χ0) is 39.5. The van der Waals surface area contributed by atoms with E-state index in [2.05, 4.69) is 31.3 Å². The maximum absolute atomic E-state index is 12.9. The van der Waals surface area contributed by atoms with Crippen LogP contribution < -0.4 is 5.32 Å². The van der Waals surface area contributed by atoms with E-state index in [1.807, 2.05) is 0 Å². The van der Waals surface area contributed by atoms with Gasteiger partial charge in [0, 0.05) is 0 Å². The average molecular weight is 780 g/mol. The van der Waals surface area contributed by atoms with E-state index in [1.54, 1.807) is 6.08 Å². The second-order valence-corrected chi connectivity index (χ2v) is 16.1. The van der Waals surface area contributed by atoms with Crippen molar-refractivity contribution < 1.29 is 59.0 Å². The highest BCUT2D eigenvalue weighted by Crippen LogP contribution is 2.47. The van der Waals surface area contributed by atoms with Crippen LogP contribution in [0, 0.1) is 0 Å². The van der Waals surface area contributed by atoms with E-state index in [9.17, 15) is 50.0 Å². The van der Waals surface area contributed by atoms with E-state index in [-0.39, 0.29) is 6.42 Å². The summed E-state index contributed by atoms with van der Waals surface area (Å²) < 4.78 is 22.7. The number of hydrogen-bond donors (Lipinski definition) is 9. The van der Waals surface area contributed by atoms with Crippen LogP contribution in [-0.4, -0.2) is 108 Å². The standard InChI is InChI=1S/C39H74NO12P/c1-3-5-7-9-11-13-15-16-17-19-21-23-25-27-32(42)31(29-51-53(49,50)52-39-37(47)35(45)34(44)36(46)38(39)48)40-33(43)28-30(41)26-24-22-20-18-14-12-10-8-6-4-2/h17,19,25,27,30-32,34-39,41-42,44-48H,3-16,18,20-24,26,28-29H2,1-2H3,(H,40,43)(H,49,50)/b19-17+,27-25+. The normalized spacial score (nSPS) is 25.1. The molecule has 0 aromatic heterocycles. The van der Waals surface area contributed by atoms with E-state index in [1.165, 1.54) is 83.1 Å². The number of aliphatic hydroxyl groups excluding tert-OH is 7. The molecule has 1 aliphatic rings. The molecule has 0 heterocycles. The smallest absolute Gasteiger partial charge is 0.393 e. The Labute approximate surface area is 318 Å². The van der Waals surface area contributed by atoms with E-state index < -0.39 is 75.2 Å². The first-order valence-corrected chi connectivity index (χ1v) is 21.9. The quantitative estimate of drug-likeness (QED) is 0.0243. The fraction of sp³-hybridized carbons (Fsp3) is 0.872. The molecular weight excluding hydrogens is 705 g/mol. The fourth-order valence-electron chi connectivity index (χ4n) is 6.37. The van der Waals surface area contributed by atoms with Crippen molar-refractivity contribution in [2.75, 3.05) is 6.61 Å². The van der Waals surface area contributed by atoms with Gasteiger partial charge in [-0.15, -0.1) is 0 Å². The molecule has 1 fully saturated rings. The van der Waals surface area contributed by atoms with Crippen molar-refractivity contribution >= 4 is 13.7 Å². The summed E-state index contributed by atoms with van der Waals surface area (Å²) in [6.07, 6.45) is 15.8. The molecule has 0 aromatic carbocycles. The lowest BCUT2D eigenvalue weighted by Crippen LogP contribution is -2.64. The monoisotopic (exact) mass is 779 g/mol. The first-order valence-electron chi connectivity index (χ1n) is 20.4. The number of amides is 1. The number of carbonyl (C=O) groups excluding carboxylic acids is 1. The predicted molar refractivity (Wildman–Crippen MR) is 206 cm³/mol. The third kappa shape index (κ3) is 22.8. The Morgan fingerprint density at radius 2 is 1.11 bits per heavy atom. The van der Waals surface area contributed by atoms with Crippen LogP contribution in [0.15, 0.2) is 24.3 Å². The topological polar surface area (TPSA) is 226 Å². The number of phosphoric ester groups is 1. The Morgan fingerprint density at radius 1 is 0.660 bits per heavy atom. The molecule has 0 radical (unpaired) electrons. The van der Waals surface area contributed by atoms with Gasteiger partial charge in [-0.25, -0.2) is 4.57 Å². The Balaban J connectivity index is 2.68. The van der Waals surface area contributed by atoms with Crippen molar-refractivity contribution in [1.29, 1.82) is 0 Å². The molecule has 8 atom stereocenters. The molecule has 13 nitrogen and oxygen atoms in total. The van der Waals surface area contributed by atoms with Gasteiger partial charge in [0.1, 0.15) is 36.6 Å². The number of carbonyl (C=O) groups is 1. The van der Waals surface area contributed by atoms with Crippen LogP contribution in [-0.2, 0) is 18.4 Å². The molecule has 0 spiro atoms. The van der Waals surface area contributed by atoms with Gasteiger partial charge >= 0.3 is 7.82 Å². The van der Waals surface area contributed by atoms with Crippen LogP contribution >= 0.6 is 7.82 Å². The lowest BCUT2D eigenvalue weighted by atomic mass is 9.85. The zero-order valence-corrected chi connectivity index (χ0v) is 33.3. The van der Waals surface area contributed by atoms with Gasteiger partial charge in [0.25, 0.3) is 0 Å². The van der Waals surface area contributed by atoms with Crippen LogP contribution in [0.25, 0.3) is 0 Å². The molecular formula is C39H74NO12P. The predicted octanol–water partition coefficient (Wildman–Crippen LogP) is 5.25. The number of rotatable bonds is 32. The summed E-state index contributed by atoms with van der Waals surface area (Å²) in [5, 5.41) is 74.0. The molecule has 1 aliphatic carbocycles. The molecule has 1 amide bonds. The summed E-state index contributed by atoms with van der Waals surface area (Å²) in [4.78, 5) is 23.3. The highest BCUT2D eigenvalue weighted by Gasteiger charge is 2.51. The molecule has 0 aliphatic heterocycles. The fourth-order valence-corrected chi connectivity index (χ4v) is 7.34. The van der Waals surface area contributed by atoms with Gasteiger partial charge in [-0.1, -0.05) is 141 Å². The minimum absolute atomic E-state index is 0.250. The van der Waals surface area contributed by atoms with Crippen LogP contribution in [0.3, 0.4) is 0 Å². The summed E-state index contributed by atoms with van der Waals surface area (Å²) in [7, 11) is -5.14. The van der Waals surface area contributed by atoms with Gasteiger partial charge in [-0.05, 0) is 32.1 Å². The van der Waals surface area contributed by atoms with Gasteiger partial charge in [0.2, 0.25) is 5.91 Å². The van der Waals surface area contributed by atoms with Crippen LogP contribution in [0.5, 0.6) is 0 Å². The minimum atomic E-state index is -5.14. The molecule has 1 saturated carbocycles. The largest absolute Gasteiger partial charge is 0.472 e. The molecule has 1 rings (SSSR count). The molecule has 9 N–H and O–H groups in total. The number of nitrogens with one attached hydrogen (secondary N) is 1. The summed E-state index contributed by atoms with van der Waals surface area (Å²) >= 11 is 0. The molecule has 8 unspecified atom stereocenters. The average Bonchev–Trinajstić information content (AvgIpc) is 3.12. The minimum Gasteiger partial charge on any atom is -0.393 e. The Hall–Kier alpha value is -1.22. The van der Waals surface area contributed by atoms with Crippen molar-refractivity contribution in [3.05, 3.63) is 24.3 Å². The second-order valence-electron chi connectivity index (χ2n) is 14.7. The molecule has 0 aromatic rings. The van der Waals surface area contributed by atoms with Crippen molar-refractivity contribution in [2.24, 2.45) is 0 Å². The lowest BCUT2D eigenvalue weighted by molar-refractivity contribution is -0.220. The number of phosphoric acid groups is 1. The molecule has 0 bridgehead atoms. The van der Waals surface area contributed by atoms with Crippen molar-refractivity contribution in [2.45, 2.75) is 210 Å². The molecule has 0 saturated heterocycles. The summed E-state index contributed by atoms with van der Waals surface area (Å²) in [6, 6.07) is -1.25. The van der Waals surface area contributed by atoms with Gasteiger partial charge in [-0.2, -0.15) is 0 Å². The highest BCUT2D eigenvalue weighted by atomic mass is 31.2. The van der Waals surface area contributed by atoms with Crippen molar-refractivity contribution in [1.82, 2.24) is 5.32 Å². The molecule has 53 heavy (non-hydrogen) atoms. The van der Waals surface area contributed by atoms with Gasteiger partial charge in [0.15, 0.2) is 0 Å². The number of unbranched alkanes of at least 4 members (excludes halogenated alkanes) is 17. The van der Waals surface area contributed by atoms with E-state index in [0.717, 1.165) is 44.9 Å². The SMILES string of the molecule is CCCCCCCCC/C=C/CC/C=C/C(O)C(COP(=O)(O)OC1C(O)C(O)C(O)C(O)C1O)NC(=O)CC(O)CCCCCCCCCCCC. The van der Waals surface area contributed by atoms with Gasteiger partial charge in [0.05, 0.1) is 31.3 Å². The second kappa shape index (κ2) is 30.0. The van der Waals surface area contributed by atoms with Gasteiger partial charge < -0.3 is 46.0 Å². The van der Waals surface area contributed by atoms with E-state index in [4.69, 9.17) is 9.05 Å². The number of aliphatic hydroxyl groups is 7. The first kappa shape index (κ1) is 49.8. The Bertz CT molecular complexity index is 1020. The summed E-state index contributed by atoms with van der Waals surface area (Å²) in [5.74, 6) is -0.606. The number of hydrogen-bond acceptors (Lipinski definition) is 11. The lowest BCUT2D eigenvalue weighted by Gasteiger charge is -2.41. The molecule has 312 valence electrons. The first-order chi connectivity index (χ1) is 25.3. The number of allylic oxidation sites excluding steroid dienone is 3. The van der Waals surface area contributed by atoms with Crippen LogP contribution in [0.1, 0.15) is 155 Å². The van der Waals surface area contributed by atoms with E-state index >= 15 is 0 Å². The summed E-state index contributed by atoms with van der Waals surface area (Å²) in [5.41, 5.74) is 0. The van der Waals surface area contributed by atoms with Crippen molar-refractivity contribution in [3.8, 4) is 0 Å². The van der Waals surface area contributed by atoms with Crippen molar-refractivity contribution in [3.63, 3.8) is 0 Å². The molecule has 14 heteroatoms. The third-order valence-electron chi connectivity index (χ3n) is 9.79.